The monoisotopic (exact) mass is 148 g/mol. The van der Waals surface area contributed by atoms with Crippen LogP contribution in [0.2, 0.25) is 0 Å². The highest BCUT2D eigenvalue weighted by Gasteiger charge is 2.08. The van der Waals surface area contributed by atoms with Crippen molar-refractivity contribution >= 4 is 0 Å². The van der Waals surface area contributed by atoms with Gasteiger partial charge in [0.05, 0.1) is 0 Å². The predicted octanol–water partition coefficient (Wildman–Crippen LogP) is 0.241. The molecule has 4 heteroatoms. The van der Waals surface area contributed by atoms with Gasteiger partial charge in [0.15, 0.2) is 5.82 Å². The van der Waals surface area contributed by atoms with Crippen LogP contribution in [0.15, 0.2) is 18.6 Å². The summed E-state index contributed by atoms with van der Waals surface area (Å²) < 4.78 is 1.54. The quantitative estimate of drug-likeness (QED) is 0.581. The zero-order valence-electron chi connectivity index (χ0n) is 5.98. The first-order valence-corrected chi connectivity index (χ1v) is 3.16. The number of nitrogens with zero attached hydrogens (tertiary/aromatic N) is 3. The molecule has 4 nitrogen and oxygen atoms in total. The van der Waals surface area contributed by atoms with Gasteiger partial charge in [-0.05, 0) is 6.07 Å². The lowest BCUT2D eigenvalue weighted by molar-refractivity contribution is 0.167. The maximum atomic E-state index is 4.98. The third-order valence-electron chi connectivity index (χ3n) is 1.41. The highest BCUT2D eigenvalue weighted by molar-refractivity contribution is 5.48. The van der Waals surface area contributed by atoms with Crippen LogP contribution in [-0.2, 0) is 0 Å². The van der Waals surface area contributed by atoms with E-state index in [0.717, 1.165) is 0 Å². The third kappa shape index (κ3) is 0.832. The van der Waals surface area contributed by atoms with Crippen molar-refractivity contribution in [3.05, 3.63) is 24.7 Å². The molecular weight excluding hydrogens is 142 g/mol. The number of hydrogen-bond acceptors (Lipinski definition) is 3. The molecule has 1 radical (unpaired) electrons. The molecule has 0 aromatic heterocycles. The molecule has 2 aliphatic heterocycles. The van der Waals surface area contributed by atoms with Crippen molar-refractivity contribution in [3.63, 3.8) is 0 Å². The fourth-order valence-electron chi connectivity index (χ4n) is 0.925. The molecule has 0 bridgehead atoms. The molecule has 2 rings (SSSR count). The Morgan fingerprint density at radius 3 is 3.27 bits per heavy atom. The molecule has 0 aromatic carbocycles. The van der Waals surface area contributed by atoms with Crippen molar-refractivity contribution in [1.29, 1.82) is 0 Å². The number of aromatic nitrogens is 3. The molecule has 2 aliphatic rings. The summed E-state index contributed by atoms with van der Waals surface area (Å²) in [5.41, 5.74) is 0.717. The summed E-state index contributed by atoms with van der Waals surface area (Å²) >= 11 is 0. The fraction of sp³-hybridized carbons (Fsp3) is 0.143. The summed E-state index contributed by atoms with van der Waals surface area (Å²) in [4.78, 5) is 12.9. The Balaban J connectivity index is 2.66. The van der Waals surface area contributed by atoms with E-state index in [4.69, 9.17) is 4.84 Å². The minimum atomic E-state index is 0.690. The van der Waals surface area contributed by atoms with Gasteiger partial charge >= 0.3 is 0 Å². The molecule has 0 aliphatic carbocycles. The van der Waals surface area contributed by atoms with E-state index in [9.17, 15) is 0 Å². The summed E-state index contributed by atoms with van der Waals surface area (Å²) in [7, 11) is 1.58. The Hall–Kier alpha value is -1.58. The molecule has 2 heterocycles. The van der Waals surface area contributed by atoms with Crippen LogP contribution in [-0.4, -0.2) is 21.8 Å². The Morgan fingerprint density at radius 2 is 2.45 bits per heavy atom. The number of imidazole rings is 1. The van der Waals surface area contributed by atoms with E-state index in [1.54, 1.807) is 24.1 Å². The van der Waals surface area contributed by atoms with Gasteiger partial charge in [0.25, 0.3) is 0 Å². The Kier molecular flexibility index (Phi) is 1.25. The lowest BCUT2D eigenvalue weighted by Crippen LogP contribution is -2.09. The number of hydrogen-bond donors (Lipinski definition) is 0. The molecule has 0 amide bonds. The van der Waals surface area contributed by atoms with Crippen molar-refractivity contribution in [2.45, 2.75) is 0 Å². The maximum Gasteiger partial charge on any atom is 0.196 e. The summed E-state index contributed by atoms with van der Waals surface area (Å²) in [6.45, 7) is 0. The fourth-order valence-corrected chi connectivity index (χ4v) is 0.925. The number of rotatable bonds is 1. The first-order valence-electron chi connectivity index (χ1n) is 3.16. The van der Waals surface area contributed by atoms with E-state index in [0.29, 0.717) is 11.5 Å². The second-order valence-corrected chi connectivity index (χ2v) is 2.01. The molecule has 55 valence electrons. The molecule has 0 N–H and O–H groups in total. The van der Waals surface area contributed by atoms with Gasteiger partial charge in [-0.1, -0.05) is 0 Å². The SMILES string of the molecule is COn1cc[c]c2ncnc1-2. The van der Waals surface area contributed by atoms with E-state index < -0.39 is 0 Å². The highest BCUT2D eigenvalue weighted by atomic mass is 16.6. The Labute approximate surface area is 63.8 Å². The molecule has 0 fully saturated rings. The predicted molar refractivity (Wildman–Crippen MR) is 38.0 cm³/mol. The van der Waals surface area contributed by atoms with Gasteiger partial charge in [0.1, 0.15) is 19.1 Å². The molecule has 11 heavy (non-hydrogen) atoms. The van der Waals surface area contributed by atoms with Gasteiger partial charge in [-0.2, -0.15) is 4.73 Å². The van der Waals surface area contributed by atoms with Crippen molar-refractivity contribution < 1.29 is 4.84 Å². The van der Waals surface area contributed by atoms with Crippen LogP contribution in [0.25, 0.3) is 11.5 Å². The zero-order valence-corrected chi connectivity index (χ0v) is 5.98. The first kappa shape index (κ1) is 6.15. The van der Waals surface area contributed by atoms with Crippen molar-refractivity contribution in [1.82, 2.24) is 14.7 Å². The van der Waals surface area contributed by atoms with Gasteiger partial charge in [0, 0.05) is 12.3 Å². The minimum Gasteiger partial charge on any atom is -0.416 e. The normalized spacial score (nSPS) is 10.3. The summed E-state index contributed by atoms with van der Waals surface area (Å²) in [6.07, 6.45) is 3.22. The van der Waals surface area contributed by atoms with Crippen LogP contribution in [0, 0.1) is 6.07 Å². The largest absolute Gasteiger partial charge is 0.416 e. The van der Waals surface area contributed by atoms with Crippen LogP contribution in [0.4, 0.5) is 0 Å². The third-order valence-corrected chi connectivity index (χ3v) is 1.41. The smallest absolute Gasteiger partial charge is 0.196 e. The standard InChI is InChI=1S/C7H6N3O/c1-11-10-4-2-3-6-7(10)9-5-8-6/h2,4-5H,1H3. The van der Waals surface area contributed by atoms with Gasteiger partial charge in [-0.25, -0.2) is 9.97 Å². The van der Waals surface area contributed by atoms with E-state index in [2.05, 4.69) is 16.0 Å². The molecule has 0 saturated heterocycles. The van der Waals surface area contributed by atoms with Crippen molar-refractivity contribution in [2.75, 3.05) is 7.11 Å². The molecular formula is C7H6N3O. The van der Waals surface area contributed by atoms with E-state index in [1.165, 1.54) is 6.33 Å². The van der Waals surface area contributed by atoms with Crippen LogP contribution < -0.4 is 4.84 Å². The van der Waals surface area contributed by atoms with E-state index in [1.807, 2.05) is 0 Å². The summed E-state index contributed by atoms with van der Waals surface area (Å²) in [5, 5.41) is 0. The molecule has 0 unspecified atom stereocenters. The number of fused-ring (bicyclic) bond motifs is 1. The summed E-state index contributed by atoms with van der Waals surface area (Å²) in [5.74, 6) is 0.690. The molecule has 0 aromatic rings. The average molecular weight is 148 g/mol. The van der Waals surface area contributed by atoms with Gasteiger partial charge in [-0.15, -0.1) is 0 Å². The minimum absolute atomic E-state index is 0.690. The summed E-state index contributed by atoms with van der Waals surface area (Å²) in [6, 6.07) is 4.67. The molecule has 0 atom stereocenters. The van der Waals surface area contributed by atoms with Crippen LogP contribution in [0.5, 0.6) is 0 Å². The average Bonchev–Trinajstić information content (AvgIpc) is 2.50. The van der Waals surface area contributed by atoms with Gasteiger partial charge in [-0.3, -0.25) is 0 Å². The zero-order chi connectivity index (χ0) is 7.68. The van der Waals surface area contributed by atoms with E-state index >= 15 is 0 Å². The number of pyridine rings is 1. The lowest BCUT2D eigenvalue weighted by Gasteiger charge is -2.05. The van der Waals surface area contributed by atoms with Gasteiger partial charge < -0.3 is 4.84 Å². The highest BCUT2D eigenvalue weighted by Crippen LogP contribution is 2.12. The van der Waals surface area contributed by atoms with Crippen LogP contribution in [0.1, 0.15) is 0 Å². The maximum absolute atomic E-state index is 4.98. The van der Waals surface area contributed by atoms with Crippen LogP contribution >= 0.6 is 0 Å². The second kappa shape index (κ2) is 2.23. The van der Waals surface area contributed by atoms with Crippen molar-refractivity contribution in [2.24, 2.45) is 0 Å². The second-order valence-electron chi connectivity index (χ2n) is 2.01. The molecule has 0 spiro atoms. The Morgan fingerprint density at radius 1 is 1.55 bits per heavy atom. The Bertz CT molecular complexity index is 331. The van der Waals surface area contributed by atoms with Crippen molar-refractivity contribution in [3.8, 4) is 11.5 Å². The first-order chi connectivity index (χ1) is 5.42. The topological polar surface area (TPSA) is 39.9 Å². The van der Waals surface area contributed by atoms with Crippen LogP contribution in [0.3, 0.4) is 0 Å². The molecule has 0 saturated carbocycles. The van der Waals surface area contributed by atoms with E-state index in [-0.39, 0.29) is 0 Å². The van der Waals surface area contributed by atoms with Gasteiger partial charge in [0.2, 0.25) is 0 Å². The lowest BCUT2D eigenvalue weighted by atomic mass is 10.3.